The van der Waals surface area contributed by atoms with Crippen molar-refractivity contribution < 1.29 is 28.2 Å². The van der Waals surface area contributed by atoms with Gasteiger partial charge in [0.25, 0.3) is 11.7 Å². The Morgan fingerprint density at radius 1 is 1.00 bits per heavy atom. The minimum Gasteiger partial charge on any atom is -0.507 e. The normalized spacial score (nSPS) is 17.2. The first-order chi connectivity index (χ1) is 16.7. The second-order valence-corrected chi connectivity index (χ2v) is 8.51. The molecule has 0 radical (unpaired) electrons. The summed E-state index contributed by atoms with van der Waals surface area (Å²) in [6.07, 6.45) is 0.838. The average molecular weight is 478 g/mol. The molecule has 1 unspecified atom stereocenters. The standard InChI is InChI=1S/C28H25F2NO4/c1-4-12-35-23-11-8-19(14-17(23)3)26(32)24-25(18-7-5-6-16(2)13-18)31(28(34)27(24)33)20-9-10-21(29)22(30)15-20/h5-11,13-15,25,32H,4,12H2,1-3H3/b26-24+. The first-order valence-corrected chi connectivity index (χ1v) is 11.3. The number of ether oxygens (including phenoxy) is 1. The Kier molecular flexibility index (Phi) is 6.69. The fourth-order valence-corrected chi connectivity index (χ4v) is 4.22. The molecule has 1 fully saturated rings. The Balaban J connectivity index is 1.89. The van der Waals surface area contributed by atoms with E-state index in [2.05, 4.69) is 0 Å². The maximum absolute atomic E-state index is 14.1. The number of rotatable bonds is 6. The zero-order valence-electron chi connectivity index (χ0n) is 19.6. The third-order valence-electron chi connectivity index (χ3n) is 5.89. The highest BCUT2D eigenvalue weighted by Crippen LogP contribution is 2.42. The van der Waals surface area contributed by atoms with Gasteiger partial charge >= 0.3 is 0 Å². The maximum Gasteiger partial charge on any atom is 0.300 e. The largest absolute Gasteiger partial charge is 0.507 e. The van der Waals surface area contributed by atoms with Crippen LogP contribution in [0.25, 0.3) is 5.76 Å². The summed E-state index contributed by atoms with van der Waals surface area (Å²) >= 11 is 0. The fourth-order valence-electron chi connectivity index (χ4n) is 4.22. The van der Waals surface area contributed by atoms with Gasteiger partial charge in [-0.2, -0.15) is 0 Å². The van der Waals surface area contributed by atoms with E-state index in [4.69, 9.17) is 4.74 Å². The zero-order valence-corrected chi connectivity index (χ0v) is 19.6. The van der Waals surface area contributed by atoms with Gasteiger partial charge in [-0.25, -0.2) is 8.78 Å². The molecule has 1 amide bonds. The number of Topliss-reactive ketones (excluding diaryl/α,β-unsaturated/α-hetero) is 1. The number of halogens is 2. The second-order valence-electron chi connectivity index (χ2n) is 8.51. The molecule has 3 aromatic carbocycles. The topological polar surface area (TPSA) is 66.8 Å². The number of aryl methyl sites for hydroxylation is 2. The molecule has 5 nitrogen and oxygen atoms in total. The summed E-state index contributed by atoms with van der Waals surface area (Å²) in [5, 5.41) is 11.3. The van der Waals surface area contributed by atoms with Crippen molar-refractivity contribution in [2.75, 3.05) is 11.5 Å². The van der Waals surface area contributed by atoms with Crippen LogP contribution in [0.1, 0.15) is 41.6 Å². The van der Waals surface area contributed by atoms with Crippen LogP contribution in [0.4, 0.5) is 14.5 Å². The zero-order chi connectivity index (χ0) is 25.3. The first kappa shape index (κ1) is 24.1. The Morgan fingerprint density at radius 3 is 2.43 bits per heavy atom. The van der Waals surface area contributed by atoms with Gasteiger partial charge in [-0.1, -0.05) is 36.8 Å². The number of amides is 1. The lowest BCUT2D eigenvalue weighted by molar-refractivity contribution is -0.132. The Morgan fingerprint density at radius 2 is 1.77 bits per heavy atom. The molecular formula is C28H25F2NO4. The molecular weight excluding hydrogens is 452 g/mol. The molecule has 35 heavy (non-hydrogen) atoms. The summed E-state index contributed by atoms with van der Waals surface area (Å²) in [5.41, 5.74) is 2.39. The smallest absolute Gasteiger partial charge is 0.300 e. The number of anilines is 1. The van der Waals surface area contributed by atoms with Crippen molar-refractivity contribution in [1.82, 2.24) is 0 Å². The van der Waals surface area contributed by atoms with Crippen molar-refractivity contribution in [3.63, 3.8) is 0 Å². The van der Waals surface area contributed by atoms with E-state index in [0.29, 0.717) is 23.5 Å². The Bertz CT molecular complexity index is 1350. The third kappa shape index (κ3) is 4.54. The van der Waals surface area contributed by atoms with Crippen LogP contribution in [0.3, 0.4) is 0 Å². The van der Waals surface area contributed by atoms with Crippen LogP contribution >= 0.6 is 0 Å². The van der Waals surface area contributed by atoms with Gasteiger partial charge in [-0.3, -0.25) is 14.5 Å². The quantitative estimate of drug-likeness (QED) is 0.269. The van der Waals surface area contributed by atoms with E-state index in [0.717, 1.165) is 34.6 Å². The van der Waals surface area contributed by atoms with Crippen LogP contribution in [0.5, 0.6) is 5.75 Å². The molecule has 1 aliphatic rings. The Labute approximate surface area is 202 Å². The van der Waals surface area contributed by atoms with Gasteiger partial charge < -0.3 is 9.84 Å². The summed E-state index contributed by atoms with van der Waals surface area (Å²) in [6.45, 7) is 6.21. The van der Waals surface area contributed by atoms with E-state index in [9.17, 15) is 23.5 Å². The number of hydrogen-bond donors (Lipinski definition) is 1. The molecule has 0 aliphatic carbocycles. The summed E-state index contributed by atoms with van der Waals surface area (Å²) in [5.74, 6) is -3.78. The second kappa shape index (κ2) is 9.70. The van der Waals surface area contributed by atoms with Crippen LogP contribution < -0.4 is 9.64 Å². The van der Waals surface area contributed by atoms with Crippen molar-refractivity contribution in [3.8, 4) is 5.75 Å². The van der Waals surface area contributed by atoms with E-state index in [-0.39, 0.29) is 17.0 Å². The third-order valence-corrected chi connectivity index (χ3v) is 5.89. The predicted molar refractivity (Wildman–Crippen MR) is 129 cm³/mol. The monoisotopic (exact) mass is 477 g/mol. The van der Waals surface area contributed by atoms with Crippen LogP contribution in [0, 0.1) is 25.5 Å². The van der Waals surface area contributed by atoms with Gasteiger partial charge in [0.05, 0.1) is 18.2 Å². The number of ketones is 1. The number of nitrogens with zero attached hydrogens (tertiary/aromatic N) is 1. The number of carbonyl (C=O) groups excluding carboxylic acids is 2. The molecule has 1 aliphatic heterocycles. The van der Waals surface area contributed by atoms with Crippen molar-refractivity contribution in [2.24, 2.45) is 0 Å². The summed E-state index contributed by atoms with van der Waals surface area (Å²) in [4.78, 5) is 27.5. The lowest BCUT2D eigenvalue weighted by Crippen LogP contribution is -2.29. The molecule has 4 rings (SSSR count). The number of benzene rings is 3. The van der Waals surface area contributed by atoms with Crippen molar-refractivity contribution in [3.05, 3.63) is 100 Å². The SMILES string of the molecule is CCCOc1ccc(/C(O)=C2\C(=O)C(=O)N(c3ccc(F)c(F)c3)C2c2cccc(C)c2)cc1C. The minimum absolute atomic E-state index is 0.0102. The number of aliphatic hydroxyl groups excluding tert-OH is 1. The molecule has 1 atom stereocenters. The van der Waals surface area contributed by atoms with Crippen LogP contribution in [-0.2, 0) is 9.59 Å². The highest BCUT2D eigenvalue weighted by atomic mass is 19.2. The number of aliphatic hydroxyl groups is 1. The van der Waals surface area contributed by atoms with Crippen molar-refractivity contribution in [1.29, 1.82) is 0 Å². The highest BCUT2D eigenvalue weighted by Gasteiger charge is 2.47. The molecule has 0 saturated carbocycles. The fraction of sp³-hybridized carbons (Fsp3) is 0.214. The van der Waals surface area contributed by atoms with Gasteiger partial charge in [0.2, 0.25) is 0 Å². The predicted octanol–water partition coefficient (Wildman–Crippen LogP) is 6.00. The summed E-state index contributed by atoms with van der Waals surface area (Å²) in [6, 6.07) is 14.1. The first-order valence-electron chi connectivity index (χ1n) is 11.3. The van der Waals surface area contributed by atoms with Crippen LogP contribution in [-0.4, -0.2) is 23.4 Å². The molecule has 1 saturated heterocycles. The van der Waals surface area contributed by atoms with E-state index in [1.54, 1.807) is 36.4 Å². The number of hydrogen-bond acceptors (Lipinski definition) is 4. The molecule has 3 aromatic rings. The Hall–Kier alpha value is -4.00. The van der Waals surface area contributed by atoms with Gasteiger partial charge in [-0.15, -0.1) is 0 Å². The minimum atomic E-state index is -1.15. The van der Waals surface area contributed by atoms with Crippen LogP contribution in [0.2, 0.25) is 0 Å². The van der Waals surface area contributed by atoms with E-state index < -0.39 is 29.4 Å². The van der Waals surface area contributed by atoms with E-state index >= 15 is 0 Å². The van der Waals surface area contributed by atoms with E-state index in [1.165, 1.54) is 6.07 Å². The van der Waals surface area contributed by atoms with E-state index in [1.807, 2.05) is 26.8 Å². The van der Waals surface area contributed by atoms with Gasteiger partial charge in [0.15, 0.2) is 11.6 Å². The molecule has 0 bridgehead atoms. The number of carbonyl (C=O) groups is 2. The molecule has 7 heteroatoms. The van der Waals surface area contributed by atoms with Gasteiger partial charge in [0, 0.05) is 17.3 Å². The lowest BCUT2D eigenvalue weighted by atomic mass is 9.94. The molecule has 1 heterocycles. The molecule has 1 N–H and O–H groups in total. The van der Waals surface area contributed by atoms with Crippen molar-refractivity contribution >= 4 is 23.1 Å². The van der Waals surface area contributed by atoms with Crippen molar-refractivity contribution in [2.45, 2.75) is 33.2 Å². The lowest BCUT2D eigenvalue weighted by Gasteiger charge is -2.26. The molecule has 0 spiro atoms. The van der Waals surface area contributed by atoms with Crippen LogP contribution in [0.15, 0.2) is 66.2 Å². The highest BCUT2D eigenvalue weighted by molar-refractivity contribution is 6.51. The maximum atomic E-state index is 14.1. The molecule has 180 valence electrons. The molecule has 0 aromatic heterocycles. The van der Waals surface area contributed by atoms with Gasteiger partial charge in [0.1, 0.15) is 11.5 Å². The summed E-state index contributed by atoms with van der Waals surface area (Å²) < 4.78 is 33.4. The average Bonchev–Trinajstić information content (AvgIpc) is 3.10. The van der Waals surface area contributed by atoms with Gasteiger partial charge in [-0.05, 0) is 61.7 Å². The summed E-state index contributed by atoms with van der Waals surface area (Å²) in [7, 11) is 0.